The summed E-state index contributed by atoms with van der Waals surface area (Å²) in [5.74, 6) is 4.55. The van der Waals surface area contributed by atoms with Crippen LogP contribution in [0.5, 0.6) is 0 Å². The third-order valence-corrected chi connectivity index (χ3v) is 5.95. The van der Waals surface area contributed by atoms with E-state index in [0.717, 1.165) is 36.0 Å². The molecule has 0 heterocycles. The summed E-state index contributed by atoms with van der Waals surface area (Å²) in [6, 6.07) is 2.66. The zero-order valence-corrected chi connectivity index (χ0v) is 10.6. The van der Waals surface area contributed by atoms with Crippen LogP contribution in [0.15, 0.2) is 0 Å². The maximum absolute atomic E-state index is 9.52. The minimum Gasteiger partial charge on any atom is -0.198 e. The fourth-order valence-electron chi connectivity index (χ4n) is 5.35. The van der Waals surface area contributed by atoms with Gasteiger partial charge in [-0.2, -0.15) is 5.26 Å². The Morgan fingerprint density at radius 2 is 1.56 bits per heavy atom. The van der Waals surface area contributed by atoms with E-state index in [9.17, 15) is 5.26 Å². The van der Waals surface area contributed by atoms with Crippen LogP contribution in [0, 0.1) is 46.3 Å². The van der Waals surface area contributed by atoms with Gasteiger partial charge < -0.3 is 0 Å². The molecular formula is C15H23N. The van der Waals surface area contributed by atoms with Crippen LogP contribution >= 0.6 is 0 Å². The molecule has 0 aromatic carbocycles. The van der Waals surface area contributed by atoms with E-state index < -0.39 is 0 Å². The van der Waals surface area contributed by atoms with Crippen molar-refractivity contribution in [3.8, 4) is 6.07 Å². The highest BCUT2D eigenvalue weighted by Gasteiger charge is 2.53. The number of nitriles is 1. The second-order valence-corrected chi connectivity index (χ2v) is 6.84. The maximum Gasteiger partial charge on any atom is 0.0689 e. The van der Waals surface area contributed by atoms with Crippen LogP contribution in [0.2, 0.25) is 0 Å². The van der Waals surface area contributed by atoms with Gasteiger partial charge in [0.2, 0.25) is 0 Å². The van der Waals surface area contributed by atoms with E-state index in [1.165, 1.54) is 32.1 Å². The van der Waals surface area contributed by atoms with E-state index in [0.29, 0.717) is 0 Å². The molecule has 16 heavy (non-hydrogen) atoms. The van der Waals surface area contributed by atoms with E-state index >= 15 is 0 Å². The topological polar surface area (TPSA) is 23.8 Å². The van der Waals surface area contributed by atoms with Crippen molar-refractivity contribution >= 4 is 0 Å². The minimum absolute atomic E-state index is 0.0391. The van der Waals surface area contributed by atoms with Crippen LogP contribution in [0.1, 0.15) is 52.4 Å². The second kappa shape index (κ2) is 3.49. The van der Waals surface area contributed by atoms with E-state index in [1.54, 1.807) is 0 Å². The first-order chi connectivity index (χ1) is 7.66. The van der Waals surface area contributed by atoms with Crippen LogP contribution in [0.25, 0.3) is 0 Å². The molecule has 0 radical (unpaired) electrons. The highest BCUT2D eigenvalue weighted by atomic mass is 14.6. The average Bonchev–Trinajstić information content (AvgIpc) is 2.27. The SMILES string of the molecule is CCC(C)(C#N)C1C2CC3CC(C2)CC1C3. The molecule has 0 saturated heterocycles. The van der Waals surface area contributed by atoms with Gasteiger partial charge in [-0.25, -0.2) is 0 Å². The Hall–Kier alpha value is -0.510. The Bertz CT molecular complexity index is 299. The molecule has 0 aromatic rings. The largest absolute Gasteiger partial charge is 0.198 e. The van der Waals surface area contributed by atoms with Gasteiger partial charge >= 0.3 is 0 Å². The number of hydrogen-bond donors (Lipinski definition) is 0. The van der Waals surface area contributed by atoms with Gasteiger partial charge in [-0.3, -0.25) is 0 Å². The van der Waals surface area contributed by atoms with Gasteiger partial charge in [0.15, 0.2) is 0 Å². The lowest BCUT2D eigenvalue weighted by molar-refractivity contribution is -0.0766. The van der Waals surface area contributed by atoms with Gasteiger partial charge in [0.05, 0.1) is 11.5 Å². The Balaban J connectivity index is 1.89. The average molecular weight is 217 g/mol. The molecule has 4 fully saturated rings. The highest BCUT2D eigenvalue weighted by molar-refractivity contribution is 5.09. The van der Waals surface area contributed by atoms with Crippen LogP contribution in [-0.2, 0) is 0 Å². The predicted molar refractivity (Wildman–Crippen MR) is 64.5 cm³/mol. The lowest BCUT2D eigenvalue weighted by Gasteiger charge is -2.57. The summed E-state index contributed by atoms with van der Waals surface area (Å²) in [6.07, 6.45) is 8.30. The summed E-state index contributed by atoms with van der Waals surface area (Å²) in [5.41, 5.74) is -0.0391. The molecule has 0 amide bonds. The van der Waals surface area contributed by atoms with Crippen molar-refractivity contribution in [1.82, 2.24) is 0 Å². The lowest BCUT2D eigenvalue weighted by Crippen LogP contribution is -2.50. The molecule has 1 unspecified atom stereocenters. The zero-order chi connectivity index (χ0) is 11.3. The van der Waals surface area contributed by atoms with Crippen LogP contribution in [0.3, 0.4) is 0 Å². The summed E-state index contributed by atoms with van der Waals surface area (Å²) >= 11 is 0. The molecule has 1 atom stereocenters. The minimum atomic E-state index is -0.0391. The first-order valence-corrected chi connectivity index (χ1v) is 7.07. The Kier molecular flexibility index (Phi) is 2.32. The molecule has 1 heteroatoms. The van der Waals surface area contributed by atoms with Crippen molar-refractivity contribution in [1.29, 1.82) is 5.26 Å². The van der Waals surface area contributed by atoms with Crippen molar-refractivity contribution < 1.29 is 0 Å². The Labute approximate surface area is 99.2 Å². The van der Waals surface area contributed by atoms with Crippen LogP contribution < -0.4 is 0 Å². The third-order valence-electron chi connectivity index (χ3n) is 5.95. The van der Waals surface area contributed by atoms with Gasteiger partial charge in [0.1, 0.15) is 0 Å². The molecule has 0 aliphatic heterocycles. The molecular weight excluding hydrogens is 194 g/mol. The predicted octanol–water partition coefficient (Wildman–Crippen LogP) is 4.00. The van der Waals surface area contributed by atoms with Crippen LogP contribution in [0.4, 0.5) is 0 Å². The fourth-order valence-corrected chi connectivity index (χ4v) is 5.35. The third kappa shape index (κ3) is 1.35. The Morgan fingerprint density at radius 1 is 1.06 bits per heavy atom. The van der Waals surface area contributed by atoms with E-state index in [1.807, 2.05) is 0 Å². The van der Waals surface area contributed by atoms with Gasteiger partial charge in [0.25, 0.3) is 0 Å². The van der Waals surface area contributed by atoms with E-state index in [2.05, 4.69) is 19.9 Å². The molecule has 4 bridgehead atoms. The highest BCUT2D eigenvalue weighted by Crippen LogP contribution is 2.61. The molecule has 0 spiro atoms. The van der Waals surface area contributed by atoms with Crippen LogP contribution in [-0.4, -0.2) is 0 Å². The normalized spacial score (nSPS) is 48.7. The number of hydrogen-bond acceptors (Lipinski definition) is 1. The maximum atomic E-state index is 9.52. The molecule has 4 aliphatic carbocycles. The summed E-state index contributed by atoms with van der Waals surface area (Å²) in [6.45, 7) is 4.42. The number of nitrogens with zero attached hydrogens (tertiary/aromatic N) is 1. The lowest BCUT2D eigenvalue weighted by atomic mass is 9.47. The summed E-state index contributed by atoms with van der Waals surface area (Å²) in [4.78, 5) is 0. The van der Waals surface area contributed by atoms with Gasteiger partial charge in [-0.15, -0.1) is 0 Å². The smallest absolute Gasteiger partial charge is 0.0689 e. The zero-order valence-electron chi connectivity index (χ0n) is 10.6. The van der Waals surface area contributed by atoms with Crippen molar-refractivity contribution in [2.24, 2.45) is 35.0 Å². The van der Waals surface area contributed by atoms with Crippen molar-refractivity contribution in [3.63, 3.8) is 0 Å². The second-order valence-electron chi connectivity index (χ2n) is 6.84. The monoisotopic (exact) mass is 217 g/mol. The molecule has 4 rings (SSSR count). The number of rotatable bonds is 2. The quantitative estimate of drug-likeness (QED) is 0.686. The summed E-state index contributed by atoms with van der Waals surface area (Å²) in [7, 11) is 0. The standard InChI is InChI=1S/C15H23N/c1-3-15(2,9-16)14-12-5-10-4-11(7-12)8-13(14)6-10/h10-14H,3-8H2,1-2H3. The molecule has 4 saturated carbocycles. The fraction of sp³-hybridized carbons (Fsp3) is 0.933. The van der Waals surface area contributed by atoms with Gasteiger partial charge in [-0.05, 0) is 75.0 Å². The van der Waals surface area contributed by atoms with Gasteiger partial charge in [0, 0.05) is 0 Å². The molecule has 0 N–H and O–H groups in total. The van der Waals surface area contributed by atoms with Crippen molar-refractivity contribution in [2.75, 3.05) is 0 Å². The van der Waals surface area contributed by atoms with Crippen molar-refractivity contribution in [2.45, 2.75) is 52.4 Å². The van der Waals surface area contributed by atoms with Gasteiger partial charge in [-0.1, -0.05) is 6.92 Å². The van der Waals surface area contributed by atoms with E-state index in [4.69, 9.17) is 0 Å². The Morgan fingerprint density at radius 3 is 1.94 bits per heavy atom. The van der Waals surface area contributed by atoms with Crippen molar-refractivity contribution in [3.05, 3.63) is 0 Å². The first-order valence-electron chi connectivity index (χ1n) is 7.07. The summed E-state index contributed by atoms with van der Waals surface area (Å²) < 4.78 is 0. The molecule has 88 valence electrons. The molecule has 4 aliphatic rings. The first kappa shape index (κ1) is 10.6. The molecule has 0 aromatic heterocycles. The molecule has 1 nitrogen and oxygen atoms in total. The van der Waals surface area contributed by atoms with E-state index in [-0.39, 0.29) is 5.41 Å². The summed E-state index contributed by atoms with van der Waals surface area (Å²) in [5, 5.41) is 9.52.